The molecule has 0 radical (unpaired) electrons. The number of imide groups is 1. The minimum Gasteiger partial charge on any atom is -0.339 e. The second-order valence-electron chi connectivity index (χ2n) is 7.00. The van der Waals surface area contributed by atoms with E-state index in [1.807, 2.05) is 50.2 Å². The van der Waals surface area contributed by atoms with E-state index in [1.54, 1.807) is 18.0 Å². The first-order valence-electron chi connectivity index (χ1n) is 9.53. The Morgan fingerprint density at radius 2 is 1.52 bits per heavy atom. The van der Waals surface area contributed by atoms with Crippen molar-refractivity contribution in [2.24, 2.45) is 0 Å². The highest BCUT2D eigenvalue weighted by Crippen LogP contribution is 2.39. The number of aromatic nitrogens is 2. The third-order valence-electron chi connectivity index (χ3n) is 4.75. The number of hydrogen-bond acceptors (Lipinski definition) is 6. The van der Waals surface area contributed by atoms with Crippen LogP contribution in [0.15, 0.2) is 76.4 Å². The van der Waals surface area contributed by atoms with Crippen LogP contribution < -0.4 is 9.80 Å². The van der Waals surface area contributed by atoms with Crippen molar-refractivity contribution in [2.75, 3.05) is 16.8 Å². The number of amides is 2. The molecule has 6 nitrogen and oxygen atoms in total. The molecule has 1 aliphatic rings. The molecule has 0 saturated carbocycles. The molecule has 3 aromatic rings. The summed E-state index contributed by atoms with van der Waals surface area (Å²) in [5.74, 6) is -1.87. The summed E-state index contributed by atoms with van der Waals surface area (Å²) in [7, 11) is 1.70. The van der Waals surface area contributed by atoms with Gasteiger partial charge in [-0.2, -0.15) is 0 Å². The topological polar surface area (TPSA) is 66.4 Å². The van der Waals surface area contributed by atoms with E-state index in [9.17, 15) is 14.0 Å². The number of benzene rings is 2. The summed E-state index contributed by atoms with van der Waals surface area (Å²) in [5.41, 5.74) is 2.27. The van der Waals surface area contributed by atoms with E-state index in [0.29, 0.717) is 10.8 Å². The monoisotopic (exact) mass is 434 g/mol. The summed E-state index contributed by atoms with van der Waals surface area (Å²) in [6.07, 6.45) is 0. The highest BCUT2D eigenvalue weighted by Gasteiger charge is 2.43. The number of carbonyl (C=O) groups is 2. The predicted molar refractivity (Wildman–Crippen MR) is 118 cm³/mol. The van der Waals surface area contributed by atoms with Gasteiger partial charge in [0.05, 0.1) is 5.69 Å². The molecule has 0 spiro atoms. The zero-order valence-electron chi connectivity index (χ0n) is 17.2. The molecule has 31 heavy (non-hydrogen) atoms. The lowest BCUT2D eigenvalue weighted by Crippen LogP contribution is -2.34. The van der Waals surface area contributed by atoms with Gasteiger partial charge in [0.2, 0.25) is 0 Å². The lowest BCUT2D eigenvalue weighted by atomic mass is 10.2. The van der Waals surface area contributed by atoms with E-state index < -0.39 is 17.6 Å². The number of likely N-dealkylation sites (N-methyl/N-ethyl adjacent to an activating group) is 1. The minimum atomic E-state index is -0.653. The van der Waals surface area contributed by atoms with E-state index in [2.05, 4.69) is 9.97 Å². The van der Waals surface area contributed by atoms with E-state index in [1.165, 1.54) is 18.2 Å². The number of halogens is 1. The Balaban J connectivity index is 1.83. The maximum atomic E-state index is 14.5. The SMILES string of the molecule is Cc1cc(C)nc(SC2=C(N(C)c3ccccc3)C(=O)N(c3ccccc3F)C2=O)n1. The minimum absolute atomic E-state index is 0.0894. The lowest BCUT2D eigenvalue weighted by Gasteiger charge is -2.21. The van der Waals surface area contributed by atoms with Gasteiger partial charge < -0.3 is 4.90 Å². The first kappa shape index (κ1) is 20.7. The Bertz CT molecular complexity index is 1190. The maximum absolute atomic E-state index is 14.5. The van der Waals surface area contributed by atoms with E-state index in [4.69, 9.17) is 0 Å². The fourth-order valence-electron chi connectivity index (χ4n) is 3.35. The average molecular weight is 434 g/mol. The molecule has 2 heterocycles. The largest absolute Gasteiger partial charge is 0.339 e. The molecule has 0 aliphatic carbocycles. The number of para-hydroxylation sites is 2. The Kier molecular flexibility index (Phi) is 5.56. The van der Waals surface area contributed by atoms with Crippen LogP contribution in [0.5, 0.6) is 0 Å². The molecule has 0 fully saturated rings. The molecule has 0 bridgehead atoms. The number of hydrogen-bond donors (Lipinski definition) is 0. The van der Waals surface area contributed by atoms with Gasteiger partial charge in [-0.15, -0.1) is 0 Å². The highest BCUT2D eigenvalue weighted by atomic mass is 32.2. The first-order chi connectivity index (χ1) is 14.9. The summed E-state index contributed by atoms with van der Waals surface area (Å²) >= 11 is 1.01. The molecule has 4 rings (SSSR count). The van der Waals surface area contributed by atoms with E-state index in [-0.39, 0.29) is 16.3 Å². The quantitative estimate of drug-likeness (QED) is 0.442. The van der Waals surface area contributed by atoms with Crippen molar-refractivity contribution in [1.29, 1.82) is 0 Å². The molecule has 0 unspecified atom stereocenters. The number of nitrogens with zero attached hydrogens (tertiary/aromatic N) is 4. The molecule has 0 N–H and O–H groups in total. The molecule has 0 atom stereocenters. The van der Waals surface area contributed by atoms with Crippen LogP contribution in [0.1, 0.15) is 11.4 Å². The fraction of sp³-hybridized carbons (Fsp3) is 0.130. The van der Waals surface area contributed by atoms with Gasteiger partial charge in [-0.1, -0.05) is 30.3 Å². The van der Waals surface area contributed by atoms with Crippen molar-refractivity contribution in [2.45, 2.75) is 19.0 Å². The molecule has 0 saturated heterocycles. The molecular weight excluding hydrogens is 415 g/mol. The van der Waals surface area contributed by atoms with Gasteiger partial charge in [0, 0.05) is 24.1 Å². The smallest absolute Gasteiger partial charge is 0.283 e. The van der Waals surface area contributed by atoms with Crippen molar-refractivity contribution < 1.29 is 14.0 Å². The van der Waals surface area contributed by atoms with E-state index >= 15 is 0 Å². The van der Waals surface area contributed by atoms with Crippen LogP contribution in [-0.4, -0.2) is 28.8 Å². The van der Waals surface area contributed by atoms with Crippen molar-refractivity contribution in [1.82, 2.24) is 9.97 Å². The summed E-state index contributed by atoms with van der Waals surface area (Å²) in [6, 6.07) is 16.7. The van der Waals surface area contributed by atoms with Crippen LogP contribution in [0.25, 0.3) is 0 Å². The Morgan fingerprint density at radius 1 is 0.903 bits per heavy atom. The second kappa shape index (κ2) is 8.31. The Hall–Kier alpha value is -3.52. The standard InChI is InChI=1S/C23H19FN4O2S/c1-14-13-15(2)26-23(25-14)31-20-19(27(3)16-9-5-4-6-10-16)21(29)28(22(20)30)18-12-8-7-11-17(18)24/h4-13H,1-3H3. The third-order valence-corrected chi connectivity index (χ3v) is 5.68. The van der Waals surface area contributed by atoms with Gasteiger partial charge in [-0.05, 0) is 55.9 Å². The number of anilines is 2. The number of thioether (sulfide) groups is 1. The maximum Gasteiger partial charge on any atom is 0.283 e. The number of carbonyl (C=O) groups excluding carboxylic acids is 2. The first-order valence-corrected chi connectivity index (χ1v) is 10.3. The van der Waals surface area contributed by atoms with Gasteiger partial charge in [0.15, 0.2) is 5.16 Å². The normalized spacial score (nSPS) is 13.9. The molecule has 156 valence electrons. The fourth-order valence-corrected chi connectivity index (χ4v) is 4.41. The summed E-state index contributed by atoms with van der Waals surface area (Å²) in [6.45, 7) is 3.66. The van der Waals surface area contributed by atoms with E-state index in [0.717, 1.165) is 28.0 Å². The molecule has 2 aromatic carbocycles. The number of rotatable bonds is 5. The second-order valence-corrected chi connectivity index (χ2v) is 7.98. The third kappa shape index (κ3) is 3.94. The number of aryl methyl sites for hydroxylation is 2. The van der Waals surface area contributed by atoms with Crippen LogP contribution in [0.3, 0.4) is 0 Å². The van der Waals surface area contributed by atoms with Crippen molar-refractivity contribution in [3.05, 3.63) is 88.5 Å². The van der Waals surface area contributed by atoms with Crippen molar-refractivity contribution in [3.63, 3.8) is 0 Å². The summed E-state index contributed by atoms with van der Waals surface area (Å²) < 4.78 is 14.5. The predicted octanol–water partition coefficient (Wildman–Crippen LogP) is 4.25. The van der Waals surface area contributed by atoms with Crippen LogP contribution in [0, 0.1) is 19.7 Å². The van der Waals surface area contributed by atoms with Crippen molar-refractivity contribution in [3.8, 4) is 0 Å². The molecule has 1 aliphatic heterocycles. The Labute approximate surface area is 183 Å². The average Bonchev–Trinajstić information content (AvgIpc) is 2.97. The summed E-state index contributed by atoms with van der Waals surface area (Å²) in [5, 5.41) is 0.350. The zero-order chi connectivity index (χ0) is 22.1. The molecule has 1 aromatic heterocycles. The van der Waals surface area contributed by atoms with Crippen LogP contribution in [0.2, 0.25) is 0 Å². The Morgan fingerprint density at radius 3 is 2.16 bits per heavy atom. The van der Waals surface area contributed by atoms with Gasteiger partial charge >= 0.3 is 0 Å². The van der Waals surface area contributed by atoms with Crippen molar-refractivity contribution >= 4 is 35.0 Å². The highest BCUT2D eigenvalue weighted by molar-refractivity contribution is 8.04. The van der Waals surface area contributed by atoms with Gasteiger partial charge in [0.25, 0.3) is 11.8 Å². The van der Waals surface area contributed by atoms with Crippen LogP contribution in [0.4, 0.5) is 15.8 Å². The van der Waals surface area contributed by atoms with Gasteiger partial charge in [-0.3, -0.25) is 9.59 Å². The molecule has 8 heteroatoms. The van der Waals surface area contributed by atoms with Gasteiger partial charge in [-0.25, -0.2) is 19.3 Å². The zero-order valence-corrected chi connectivity index (χ0v) is 18.0. The summed E-state index contributed by atoms with van der Waals surface area (Å²) in [4.78, 5) is 38.2. The van der Waals surface area contributed by atoms with Crippen LogP contribution in [-0.2, 0) is 9.59 Å². The molecular formula is C23H19FN4O2S. The van der Waals surface area contributed by atoms with Gasteiger partial charge in [0.1, 0.15) is 16.4 Å². The molecule has 2 amide bonds. The van der Waals surface area contributed by atoms with Crippen LogP contribution >= 0.6 is 11.8 Å². The lowest BCUT2D eigenvalue weighted by molar-refractivity contribution is -0.120.